The first-order valence-electron chi connectivity index (χ1n) is 6.05. The van der Waals surface area contributed by atoms with Crippen LogP contribution in [0, 0.1) is 12.8 Å². The summed E-state index contributed by atoms with van der Waals surface area (Å²) in [6.45, 7) is 5.61. The van der Waals surface area contributed by atoms with Crippen molar-refractivity contribution in [3.05, 3.63) is 16.1 Å². The highest BCUT2D eigenvalue weighted by molar-refractivity contribution is 7.13. The molecular weight excluding hydrogens is 270 g/mol. The quantitative estimate of drug-likeness (QED) is 0.907. The van der Waals surface area contributed by atoms with Crippen LogP contribution in [-0.2, 0) is 0 Å². The summed E-state index contributed by atoms with van der Waals surface area (Å²) in [6.07, 6.45) is 3.71. The molecule has 1 atom stereocenters. The van der Waals surface area contributed by atoms with Gasteiger partial charge in [0.25, 0.3) is 5.91 Å². The van der Waals surface area contributed by atoms with Crippen LogP contribution in [0.2, 0.25) is 0 Å². The molecular formula is C12H20ClN3OS. The zero-order valence-electron chi connectivity index (χ0n) is 10.8. The van der Waals surface area contributed by atoms with E-state index in [-0.39, 0.29) is 24.4 Å². The SMILES string of the molecule is Cc1ncc(C(=O)N2CCC(C(C)N)CC2)s1.Cl. The number of amides is 1. The second kappa shape index (κ2) is 6.50. The van der Waals surface area contributed by atoms with Gasteiger partial charge in [0.05, 0.1) is 11.2 Å². The van der Waals surface area contributed by atoms with Crippen LogP contribution in [0.3, 0.4) is 0 Å². The minimum Gasteiger partial charge on any atom is -0.338 e. The molecule has 1 amide bonds. The Balaban J connectivity index is 0.00000162. The van der Waals surface area contributed by atoms with E-state index >= 15 is 0 Å². The molecule has 2 N–H and O–H groups in total. The molecule has 0 bridgehead atoms. The van der Waals surface area contributed by atoms with Gasteiger partial charge >= 0.3 is 0 Å². The Hall–Kier alpha value is -0.650. The number of rotatable bonds is 2. The molecule has 6 heteroatoms. The number of piperidine rings is 1. The molecule has 2 rings (SSSR count). The first-order chi connectivity index (χ1) is 8.08. The molecule has 2 heterocycles. The molecule has 102 valence electrons. The lowest BCUT2D eigenvalue weighted by Crippen LogP contribution is -2.42. The van der Waals surface area contributed by atoms with Crippen molar-refractivity contribution in [1.29, 1.82) is 0 Å². The summed E-state index contributed by atoms with van der Waals surface area (Å²) in [4.78, 5) is 19.0. The Bertz CT molecular complexity index is 400. The number of nitrogens with two attached hydrogens (primary N) is 1. The van der Waals surface area contributed by atoms with E-state index in [2.05, 4.69) is 11.9 Å². The van der Waals surface area contributed by atoms with Gasteiger partial charge in [-0.25, -0.2) is 4.98 Å². The fourth-order valence-corrected chi connectivity index (χ4v) is 2.99. The Kier molecular flexibility index (Phi) is 5.56. The van der Waals surface area contributed by atoms with Crippen LogP contribution >= 0.6 is 23.7 Å². The lowest BCUT2D eigenvalue weighted by atomic mass is 9.91. The second-order valence-electron chi connectivity index (χ2n) is 4.73. The lowest BCUT2D eigenvalue weighted by Gasteiger charge is -2.33. The molecule has 1 aromatic rings. The van der Waals surface area contributed by atoms with Gasteiger partial charge in [-0.15, -0.1) is 23.7 Å². The number of aryl methyl sites for hydroxylation is 1. The Morgan fingerprint density at radius 3 is 2.61 bits per heavy atom. The highest BCUT2D eigenvalue weighted by Crippen LogP contribution is 2.22. The number of nitrogens with zero attached hydrogens (tertiary/aromatic N) is 2. The van der Waals surface area contributed by atoms with Gasteiger partial charge < -0.3 is 10.6 Å². The second-order valence-corrected chi connectivity index (χ2v) is 5.97. The summed E-state index contributed by atoms with van der Waals surface area (Å²) in [5.41, 5.74) is 5.89. The first kappa shape index (κ1) is 15.4. The molecule has 1 saturated heterocycles. The fourth-order valence-electron chi connectivity index (χ4n) is 2.24. The summed E-state index contributed by atoms with van der Waals surface area (Å²) < 4.78 is 0. The van der Waals surface area contributed by atoms with Crippen molar-refractivity contribution in [1.82, 2.24) is 9.88 Å². The smallest absolute Gasteiger partial charge is 0.265 e. The maximum absolute atomic E-state index is 12.2. The van der Waals surface area contributed by atoms with Gasteiger partial charge in [-0.3, -0.25) is 4.79 Å². The molecule has 1 unspecified atom stereocenters. The molecule has 0 aromatic carbocycles. The van der Waals surface area contributed by atoms with Gasteiger partial charge in [0, 0.05) is 19.1 Å². The van der Waals surface area contributed by atoms with Gasteiger partial charge in [-0.1, -0.05) is 0 Å². The van der Waals surface area contributed by atoms with Gasteiger partial charge in [0.15, 0.2) is 0 Å². The minimum atomic E-state index is 0. The third-order valence-electron chi connectivity index (χ3n) is 3.40. The largest absolute Gasteiger partial charge is 0.338 e. The summed E-state index contributed by atoms with van der Waals surface area (Å²) in [5, 5.41) is 0.943. The highest BCUT2D eigenvalue weighted by Gasteiger charge is 2.26. The van der Waals surface area contributed by atoms with Crippen molar-refractivity contribution in [2.24, 2.45) is 11.7 Å². The average molecular weight is 290 g/mol. The predicted molar refractivity (Wildman–Crippen MR) is 76.4 cm³/mol. The van der Waals surface area contributed by atoms with E-state index in [1.807, 2.05) is 11.8 Å². The number of likely N-dealkylation sites (tertiary alicyclic amines) is 1. The van der Waals surface area contributed by atoms with Gasteiger partial charge in [-0.2, -0.15) is 0 Å². The number of carbonyl (C=O) groups excluding carboxylic acids is 1. The zero-order valence-corrected chi connectivity index (χ0v) is 12.4. The maximum atomic E-state index is 12.2. The van der Waals surface area contributed by atoms with Crippen molar-refractivity contribution < 1.29 is 4.79 Å². The van der Waals surface area contributed by atoms with Crippen LogP contribution in [0.15, 0.2) is 6.20 Å². The van der Waals surface area contributed by atoms with Crippen LogP contribution in [0.5, 0.6) is 0 Å². The van der Waals surface area contributed by atoms with Crippen molar-refractivity contribution >= 4 is 29.7 Å². The van der Waals surface area contributed by atoms with Crippen molar-refractivity contribution in [3.8, 4) is 0 Å². The minimum absolute atomic E-state index is 0. The van der Waals surface area contributed by atoms with Crippen molar-refractivity contribution in [3.63, 3.8) is 0 Å². The predicted octanol–water partition coefficient (Wildman–Crippen LogP) is 2.07. The van der Waals surface area contributed by atoms with Crippen LogP contribution in [0.25, 0.3) is 0 Å². The van der Waals surface area contributed by atoms with Crippen LogP contribution in [0.4, 0.5) is 0 Å². The number of hydrogen-bond acceptors (Lipinski definition) is 4. The third-order valence-corrected chi connectivity index (χ3v) is 4.30. The number of hydrogen-bond donors (Lipinski definition) is 1. The van der Waals surface area contributed by atoms with E-state index in [0.29, 0.717) is 5.92 Å². The van der Waals surface area contributed by atoms with E-state index in [9.17, 15) is 4.79 Å². The van der Waals surface area contributed by atoms with Crippen LogP contribution in [0.1, 0.15) is 34.4 Å². The number of halogens is 1. The van der Waals surface area contributed by atoms with E-state index in [0.717, 1.165) is 35.8 Å². The van der Waals surface area contributed by atoms with Crippen LogP contribution in [-0.4, -0.2) is 34.9 Å². The Labute approximate surface area is 118 Å². The monoisotopic (exact) mass is 289 g/mol. The molecule has 1 fully saturated rings. The summed E-state index contributed by atoms with van der Waals surface area (Å²) in [6, 6.07) is 0.234. The molecule has 0 radical (unpaired) electrons. The molecule has 4 nitrogen and oxygen atoms in total. The van der Waals surface area contributed by atoms with E-state index in [1.165, 1.54) is 11.3 Å². The molecule has 0 aliphatic carbocycles. The number of carbonyl (C=O) groups is 1. The lowest BCUT2D eigenvalue weighted by molar-refractivity contribution is 0.0685. The summed E-state index contributed by atoms with van der Waals surface area (Å²) in [7, 11) is 0. The number of thiazole rings is 1. The molecule has 1 aromatic heterocycles. The fraction of sp³-hybridized carbons (Fsp3) is 0.667. The van der Waals surface area contributed by atoms with E-state index in [1.54, 1.807) is 6.20 Å². The summed E-state index contributed by atoms with van der Waals surface area (Å²) in [5.74, 6) is 0.681. The Morgan fingerprint density at radius 1 is 1.56 bits per heavy atom. The van der Waals surface area contributed by atoms with Gasteiger partial charge in [-0.05, 0) is 32.6 Å². The van der Waals surface area contributed by atoms with E-state index in [4.69, 9.17) is 5.73 Å². The molecule has 1 aliphatic rings. The van der Waals surface area contributed by atoms with Gasteiger partial charge in [0.2, 0.25) is 0 Å². The summed E-state index contributed by atoms with van der Waals surface area (Å²) >= 11 is 1.47. The topological polar surface area (TPSA) is 59.2 Å². The van der Waals surface area contributed by atoms with Crippen molar-refractivity contribution in [2.75, 3.05) is 13.1 Å². The van der Waals surface area contributed by atoms with Crippen molar-refractivity contribution in [2.45, 2.75) is 32.7 Å². The Morgan fingerprint density at radius 2 is 2.17 bits per heavy atom. The normalized spacial score (nSPS) is 18.3. The maximum Gasteiger partial charge on any atom is 0.265 e. The molecule has 0 saturated carbocycles. The standard InChI is InChI=1S/C12H19N3OS.ClH/c1-8(13)10-3-5-15(6-4-10)12(16)11-7-14-9(2)17-11;/h7-8,10H,3-6,13H2,1-2H3;1H. The molecule has 1 aliphatic heterocycles. The molecule has 18 heavy (non-hydrogen) atoms. The van der Waals surface area contributed by atoms with Gasteiger partial charge in [0.1, 0.15) is 4.88 Å². The molecule has 0 spiro atoms. The van der Waals surface area contributed by atoms with Crippen LogP contribution < -0.4 is 5.73 Å². The average Bonchev–Trinajstić information content (AvgIpc) is 2.75. The highest BCUT2D eigenvalue weighted by atomic mass is 35.5. The zero-order chi connectivity index (χ0) is 12.4. The third kappa shape index (κ3) is 3.43. The number of aromatic nitrogens is 1. The van der Waals surface area contributed by atoms with E-state index < -0.39 is 0 Å². The first-order valence-corrected chi connectivity index (χ1v) is 6.87.